The molecule has 0 radical (unpaired) electrons. The maximum atomic E-state index is 8.96. The summed E-state index contributed by atoms with van der Waals surface area (Å²) in [5.74, 6) is 0. The van der Waals surface area contributed by atoms with Crippen LogP contribution in [0, 0.1) is 0 Å². The Morgan fingerprint density at radius 2 is 1.86 bits per heavy atom. The third-order valence-corrected chi connectivity index (χ3v) is 1.89. The molecule has 0 saturated carbocycles. The molecule has 0 aliphatic heterocycles. The van der Waals surface area contributed by atoms with Crippen molar-refractivity contribution in [2.45, 2.75) is 0 Å². The average molecular weight is 189 g/mol. The molecule has 0 fully saturated rings. The second-order valence-electron chi connectivity index (χ2n) is 2.84. The van der Waals surface area contributed by atoms with Crippen LogP contribution >= 0.6 is 0 Å². The second-order valence-corrected chi connectivity index (χ2v) is 2.84. The van der Waals surface area contributed by atoms with Crippen LogP contribution in [0.15, 0.2) is 36.9 Å². The van der Waals surface area contributed by atoms with Crippen molar-refractivity contribution in [2.24, 2.45) is 0 Å². The predicted molar refractivity (Wildman–Crippen MR) is 51.2 cm³/mol. The monoisotopic (exact) mass is 189 g/mol. The quantitative estimate of drug-likeness (QED) is 0.591. The number of nitrogens with zero attached hydrogens (tertiary/aromatic N) is 3. The van der Waals surface area contributed by atoms with E-state index < -0.39 is 7.12 Å². The van der Waals surface area contributed by atoms with Gasteiger partial charge in [-0.1, -0.05) is 12.1 Å². The lowest BCUT2D eigenvalue weighted by Crippen LogP contribution is -2.29. The first-order chi connectivity index (χ1) is 6.77. The summed E-state index contributed by atoms with van der Waals surface area (Å²) < 4.78 is 1.69. The molecule has 2 rings (SSSR count). The van der Waals surface area contributed by atoms with Gasteiger partial charge in [0.2, 0.25) is 0 Å². The first kappa shape index (κ1) is 8.92. The third kappa shape index (κ3) is 1.66. The Balaban J connectivity index is 2.41. The minimum absolute atomic E-state index is 0.441. The van der Waals surface area contributed by atoms with E-state index in [1.807, 2.05) is 6.07 Å². The zero-order valence-electron chi connectivity index (χ0n) is 7.28. The fraction of sp³-hybridized carbons (Fsp3) is 0. The summed E-state index contributed by atoms with van der Waals surface area (Å²) in [5, 5.41) is 25.2. The van der Waals surface area contributed by atoms with Crippen molar-refractivity contribution in [3.05, 3.63) is 36.9 Å². The van der Waals surface area contributed by atoms with Gasteiger partial charge in [-0.3, -0.25) is 4.57 Å². The molecule has 70 valence electrons. The fourth-order valence-electron chi connectivity index (χ4n) is 1.18. The van der Waals surface area contributed by atoms with E-state index in [0.717, 1.165) is 5.69 Å². The molecule has 0 spiro atoms. The lowest BCUT2D eigenvalue weighted by molar-refractivity contribution is 0.426. The molecular weight excluding hydrogens is 181 g/mol. The molecule has 0 amide bonds. The molecule has 2 aromatic rings. The zero-order chi connectivity index (χ0) is 9.97. The van der Waals surface area contributed by atoms with Gasteiger partial charge in [-0.15, -0.1) is 10.2 Å². The van der Waals surface area contributed by atoms with Crippen LogP contribution in [0.1, 0.15) is 0 Å². The first-order valence-electron chi connectivity index (χ1n) is 4.08. The van der Waals surface area contributed by atoms with Gasteiger partial charge >= 0.3 is 7.12 Å². The highest BCUT2D eigenvalue weighted by atomic mass is 16.4. The van der Waals surface area contributed by atoms with Crippen molar-refractivity contribution in [1.29, 1.82) is 0 Å². The van der Waals surface area contributed by atoms with E-state index in [0.29, 0.717) is 5.46 Å². The maximum absolute atomic E-state index is 8.96. The molecule has 1 aromatic heterocycles. The topological polar surface area (TPSA) is 71.2 Å². The Labute approximate surface area is 80.8 Å². The van der Waals surface area contributed by atoms with Crippen LogP contribution < -0.4 is 5.46 Å². The number of aromatic nitrogens is 3. The molecule has 14 heavy (non-hydrogen) atoms. The number of hydrogen-bond acceptors (Lipinski definition) is 4. The summed E-state index contributed by atoms with van der Waals surface area (Å²) in [4.78, 5) is 0. The minimum Gasteiger partial charge on any atom is -0.423 e. The highest BCUT2D eigenvalue weighted by Gasteiger charge is 2.10. The molecule has 6 heteroatoms. The standard InChI is InChI=1S/C8H8BN3O2/c13-9(14)7-2-1-3-8(4-7)12-5-10-11-6-12/h1-6,13-14H. The van der Waals surface area contributed by atoms with Crippen molar-refractivity contribution in [3.8, 4) is 5.69 Å². The summed E-state index contributed by atoms with van der Waals surface area (Å²) >= 11 is 0. The summed E-state index contributed by atoms with van der Waals surface area (Å²) in [5.41, 5.74) is 1.23. The van der Waals surface area contributed by atoms with Gasteiger partial charge in [0.1, 0.15) is 12.7 Å². The van der Waals surface area contributed by atoms with E-state index in [9.17, 15) is 0 Å². The lowest BCUT2D eigenvalue weighted by atomic mass is 9.80. The van der Waals surface area contributed by atoms with Gasteiger partial charge in [0, 0.05) is 5.69 Å². The van der Waals surface area contributed by atoms with Gasteiger partial charge < -0.3 is 10.0 Å². The highest BCUT2D eigenvalue weighted by Crippen LogP contribution is 2.03. The molecule has 0 bridgehead atoms. The van der Waals surface area contributed by atoms with E-state index in [-0.39, 0.29) is 0 Å². The van der Waals surface area contributed by atoms with E-state index in [1.54, 1.807) is 35.4 Å². The van der Waals surface area contributed by atoms with Gasteiger partial charge in [0.15, 0.2) is 0 Å². The van der Waals surface area contributed by atoms with Crippen LogP contribution in [-0.2, 0) is 0 Å². The van der Waals surface area contributed by atoms with Crippen LogP contribution in [0.25, 0.3) is 5.69 Å². The van der Waals surface area contributed by atoms with Crippen molar-refractivity contribution in [2.75, 3.05) is 0 Å². The molecule has 0 aliphatic rings. The molecule has 0 aliphatic carbocycles. The number of rotatable bonds is 2. The third-order valence-electron chi connectivity index (χ3n) is 1.89. The van der Waals surface area contributed by atoms with Crippen LogP contribution in [0.5, 0.6) is 0 Å². The molecule has 0 atom stereocenters. The van der Waals surface area contributed by atoms with Crippen LogP contribution in [-0.4, -0.2) is 31.9 Å². The lowest BCUT2D eigenvalue weighted by Gasteiger charge is -2.03. The second kappa shape index (κ2) is 3.61. The zero-order valence-corrected chi connectivity index (χ0v) is 7.28. The molecule has 1 aromatic carbocycles. The Hall–Kier alpha value is -1.66. The minimum atomic E-state index is -1.45. The predicted octanol–water partition coefficient (Wildman–Crippen LogP) is -1.05. The number of hydrogen-bond donors (Lipinski definition) is 2. The summed E-state index contributed by atoms with van der Waals surface area (Å²) in [6.45, 7) is 0. The molecule has 1 heterocycles. The van der Waals surface area contributed by atoms with Crippen molar-refractivity contribution in [3.63, 3.8) is 0 Å². The number of benzene rings is 1. The van der Waals surface area contributed by atoms with Crippen LogP contribution in [0.4, 0.5) is 0 Å². The molecular formula is C8H8BN3O2. The van der Waals surface area contributed by atoms with Gasteiger partial charge in [0.05, 0.1) is 0 Å². The van der Waals surface area contributed by atoms with Crippen molar-refractivity contribution in [1.82, 2.24) is 14.8 Å². The van der Waals surface area contributed by atoms with E-state index in [1.165, 1.54) is 0 Å². The SMILES string of the molecule is OB(O)c1cccc(-n2cnnc2)c1. The van der Waals surface area contributed by atoms with E-state index in [2.05, 4.69) is 10.2 Å². The average Bonchev–Trinajstić information content (AvgIpc) is 2.71. The maximum Gasteiger partial charge on any atom is 0.488 e. The largest absolute Gasteiger partial charge is 0.488 e. The summed E-state index contributed by atoms with van der Waals surface area (Å²) in [7, 11) is -1.45. The summed E-state index contributed by atoms with van der Waals surface area (Å²) in [6.07, 6.45) is 3.09. The molecule has 2 N–H and O–H groups in total. The fourth-order valence-corrected chi connectivity index (χ4v) is 1.18. The summed E-state index contributed by atoms with van der Waals surface area (Å²) in [6, 6.07) is 6.87. The highest BCUT2D eigenvalue weighted by molar-refractivity contribution is 6.58. The van der Waals surface area contributed by atoms with Crippen molar-refractivity contribution < 1.29 is 10.0 Å². The van der Waals surface area contributed by atoms with Crippen LogP contribution in [0.3, 0.4) is 0 Å². The Morgan fingerprint density at radius 3 is 2.50 bits per heavy atom. The molecule has 0 unspecified atom stereocenters. The van der Waals surface area contributed by atoms with E-state index in [4.69, 9.17) is 10.0 Å². The van der Waals surface area contributed by atoms with Gasteiger partial charge in [-0.05, 0) is 17.6 Å². The Bertz CT molecular complexity index is 416. The van der Waals surface area contributed by atoms with Gasteiger partial charge in [-0.25, -0.2) is 0 Å². The normalized spacial score (nSPS) is 10.1. The molecule has 5 nitrogen and oxygen atoms in total. The van der Waals surface area contributed by atoms with E-state index >= 15 is 0 Å². The van der Waals surface area contributed by atoms with Gasteiger partial charge in [-0.2, -0.15) is 0 Å². The first-order valence-corrected chi connectivity index (χ1v) is 4.08. The van der Waals surface area contributed by atoms with Crippen LogP contribution in [0.2, 0.25) is 0 Å². The smallest absolute Gasteiger partial charge is 0.423 e. The molecule has 0 saturated heterocycles. The Morgan fingerprint density at radius 1 is 1.14 bits per heavy atom. The van der Waals surface area contributed by atoms with Gasteiger partial charge in [0.25, 0.3) is 0 Å². The Kier molecular flexibility index (Phi) is 2.30. The van der Waals surface area contributed by atoms with Crippen molar-refractivity contribution >= 4 is 12.6 Å².